The van der Waals surface area contributed by atoms with Gasteiger partial charge in [0.2, 0.25) is 0 Å². The molecule has 0 spiro atoms. The lowest BCUT2D eigenvalue weighted by Gasteiger charge is -2.31. The minimum Gasteiger partial charge on any atom is -0.244 e. The second-order valence-electron chi connectivity index (χ2n) is 8.18. The standard InChI is InChI=1S/C19H26ClNO2S/c1-19(2,3)24(22,23)12-13-4-6-14(7-5-13)16-10-15-8-9-21-18(20)17(15)11-16/h8-9,11,13-14H,4-7,10,12H2,1-3H3. The van der Waals surface area contributed by atoms with E-state index in [0.717, 1.165) is 37.7 Å². The van der Waals surface area contributed by atoms with Gasteiger partial charge in [0, 0.05) is 11.8 Å². The van der Waals surface area contributed by atoms with Gasteiger partial charge in [-0.15, -0.1) is 0 Å². The van der Waals surface area contributed by atoms with Crippen LogP contribution in [0.5, 0.6) is 0 Å². The molecule has 2 aliphatic rings. The predicted octanol–water partition coefficient (Wildman–Crippen LogP) is 4.69. The molecule has 0 bridgehead atoms. The first-order valence-electron chi connectivity index (χ1n) is 8.73. The van der Waals surface area contributed by atoms with Gasteiger partial charge in [-0.3, -0.25) is 0 Å². The molecule has 1 heterocycles. The Balaban J connectivity index is 1.61. The van der Waals surface area contributed by atoms with Crippen LogP contribution >= 0.6 is 11.6 Å². The Morgan fingerprint density at radius 3 is 2.46 bits per heavy atom. The Labute approximate surface area is 150 Å². The number of pyridine rings is 1. The Morgan fingerprint density at radius 1 is 1.21 bits per heavy atom. The van der Waals surface area contributed by atoms with Crippen LogP contribution < -0.4 is 0 Å². The second-order valence-corrected chi connectivity index (χ2v) is 11.3. The van der Waals surface area contributed by atoms with Crippen molar-refractivity contribution in [1.82, 2.24) is 4.98 Å². The molecule has 0 amide bonds. The quantitative estimate of drug-likeness (QED) is 0.728. The van der Waals surface area contributed by atoms with Crippen molar-refractivity contribution in [3.05, 3.63) is 34.1 Å². The lowest BCUT2D eigenvalue weighted by molar-refractivity contribution is 0.319. The van der Waals surface area contributed by atoms with Crippen LogP contribution in [0.25, 0.3) is 6.08 Å². The number of nitrogens with zero attached hydrogens (tertiary/aromatic N) is 1. The Kier molecular flexibility index (Phi) is 4.82. The summed E-state index contributed by atoms with van der Waals surface area (Å²) in [6.45, 7) is 5.39. The summed E-state index contributed by atoms with van der Waals surface area (Å²) >= 11 is 6.19. The van der Waals surface area contributed by atoms with Crippen LogP contribution in [0.4, 0.5) is 0 Å². The lowest BCUT2D eigenvalue weighted by atomic mass is 9.78. The Morgan fingerprint density at radius 2 is 1.88 bits per heavy atom. The van der Waals surface area contributed by atoms with Crippen molar-refractivity contribution in [3.63, 3.8) is 0 Å². The summed E-state index contributed by atoms with van der Waals surface area (Å²) in [5.74, 6) is 1.19. The first-order valence-corrected chi connectivity index (χ1v) is 10.8. The summed E-state index contributed by atoms with van der Waals surface area (Å²) in [6.07, 6.45) is 9.10. The molecular weight excluding hydrogens is 342 g/mol. The smallest absolute Gasteiger partial charge is 0.155 e. The van der Waals surface area contributed by atoms with E-state index in [0.29, 0.717) is 22.7 Å². The number of allylic oxidation sites excluding steroid dienone is 1. The zero-order valence-electron chi connectivity index (χ0n) is 14.7. The summed E-state index contributed by atoms with van der Waals surface area (Å²) in [6, 6.07) is 2.05. The van der Waals surface area contributed by atoms with E-state index in [1.165, 1.54) is 11.1 Å². The number of fused-ring (bicyclic) bond motifs is 1. The third-order valence-corrected chi connectivity index (χ3v) is 8.59. The van der Waals surface area contributed by atoms with Crippen LogP contribution in [0.1, 0.15) is 57.6 Å². The van der Waals surface area contributed by atoms with Crippen molar-refractivity contribution in [2.24, 2.45) is 11.8 Å². The van der Waals surface area contributed by atoms with E-state index in [2.05, 4.69) is 11.1 Å². The largest absolute Gasteiger partial charge is 0.244 e. The average Bonchev–Trinajstić information content (AvgIpc) is 2.92. The van der Waals surface area contributed by atoms with Gasteiger partial charge in [-0.25, -0.2) is 13.4 Å². The van der Waals surface area contributed by atoms with Gasteiger partial charge in [-0.05, 0) is 76.3 Å². The van der Waals surface area contributed by atoms with Gasteiger partial charge in [0.15, 0.2) is 9.84 Å². The highest BCUT2D eigenvalue weighted by Crippen LogP contribution is 2.40. The van der Waals surface area contributed by atoms with Crippen LogP contribution in [0.15, 0.2) is 17.8 Å². The maximum atomic E-state index is 12.4. The molecule has 0 atom stereocenters. The maximum absolute atomic E-state index is 12.4. The van der Waals surface area contributed by atoms with Crippen LogP contribution in [0.3, 0.4) is 0 Å². The lowest BCUT2D eigenvalue weighted by Crippen LogP contribution is -2.34. The summed E-state index contributed by atoms with van der Waals surface area (Å²) in [4.78, 5) is 4.16. The molecule has 1 saturated carbocycles. The minimum absolute atomic E-state index is 0.306. The summed E-state index contributed by atoms with van der Waals surface area (Å²) in [5.41, 5.74) is 3.78. The Bertz CT molecular complexity index is 754. The molecule has 1 aromatic heterocycles. The molecule has 0 aromatic carbocycles. The van der Waals surface area contributed by atoms with Crippen molar-refractivity contribution in [2.75, 3.05) is 5.75 Å². The molecule has 1 fully saturated rings. The molecule has 0 N–H and O–H groups in total. The number of halogens is 1. The molecule has 3 nitrogen and oxygen atoms in total. The minimum atomic E-state index is -3.02. The van der Waals surface area contributed by atoms with E-state index >= 15 is 0 Å². The number of aromatic nitrogens is 1. The monoisotopic (exact) mass is 367 g/mol. The van der Waals surface area contributed by atoms with Gasteiger partial charge >= 0.3 is 0 Å². The first-order chi connectivity index (χ1) is 11.2. The first kappa shape index (κ1) is 17.9. The van der Waals surface area contributed by atoms with Crippen molar-refractivity contribution in [1.29, 1.82) is 0 Å². The molecular formula is C19H26ClNO2S. The molecule has 1 aromatic rings. The van der Waals surface area contributed by atoms with Gasteiger partial charge in [0.1, 0.15) is 5.15 Å². The normalized spacial score (nSPS) is 24.6. The maximum Gasteiger partial charge on any atom is 0.155 e. The second kappa shape index (κ2) is 6.45. The highest BCUT2D eigenvalue weighted by molar-refractivity contribution is 7.92. The van der Waals surface area contributed by atoms with Crippen molar-refractivity contribution < 1.29 is 8.42 Å². The van der Waals surface area contributed by atoms with E-state index in [1.54, 1.807) is 27.0 Å². The van der Waals surface area contributed by atoms with Gasteiger partial charge in [-0.2, -0.15) is 0 Å². The Hall–Kier alpha value is -0.870. The molecule has 5 heteroatoms. The molecule has 0 radical (unpaired) electrons. The third-order valence-electron chi connectivity index (χ3n) is 5.52. The zero-order chi connectivity index (χ0) is 17.5. The molecule has 24 heavy (non-hydrogen) atoms. The van der Waals surface area contributed by atoms with E-state index in [-0.39, 0.29) is 0 Å². The van der Waals surface area contributed by atoms with Crippen LogP contribution in [0.2, 0.25) is 5.15 Å². The van der Waals surface area contributed by atoms with Crippen LogP contribution in [-0.4, -0.2) is 23.9 Å². The fourth-order valence-electron chi connectivity index (χ4n) is 3.77. The number of rotatable bonds is 3. The molecule has 0 saturated heterocycles. The number of hydrogen-bond acceptors (Lipinski definition) is 3. The fraction of sp³-hybridized carbons (Fsp3) is 0.632. The summed E-state index contributed by atoms with van der Waals surface area (Å²) < 4.78 is 24.2. The van der Waals surface area contributed by atoms with E-state index in [1.807, 2.05) is 6.07 Å². The molecule has 2 aliphatic carbocycles. The predicted molar refractivity (Wildman–Crippen MR) is 99.9 cm³/mol. The van der Waals surface area contributed by atoms with Crippen molar-refractivity contribution >= 4 is 27.5 Å². The van der Waals surface area contributed by atoms with Crippen LogP contribution in [0, 0.1) is 11.8 Å². The number of hydrogen-bond donors (Lipinski definition) is 0. The van der Waals surface area contributed by atoms with Gasteiger partial charge < -0.3 is 0 Å². The van der Waals surface area contributed by atoms with Gasteiger partial charge in [0.25, 0.3) is 0 Å². The summed E-state index contributed by atoms with van der Waals surface area (Å²) in [5, 5.41) is 0.590. The number of sulfone groups is 1. The molecule has 0 unspecified atom stereocenters. The average molecular weight is 368 g/mol. The highest BCUT2D eigenvalue weighted by atomic mass is 35.5. The van der Waals surface area contributed by atoms with E-state index in [9.17, 15) is 8.42 Å². The highest BCUT2D eigenvalue weighted by Gasteiger charge is 2.34. The van der Waals surface area contributed by atoms with Crippen molar-refractivity contribution in [2.45, 2.75) is 57.6 Å². The molecule has 3 rings (SSSR count). The molecule has 132 valence electrons. The van der Waals surface area contributed by atoms with Gasteiger partial charge in [-0.1, -0.05) is 23.3 Å². The van der Waals surface area contributed by atoms with E-state index < -0.39 is 14.6 Å². The zero-order valence-corrected chi connectivity index (χ0v) is 16.3. The molecule has 0 aliphatic heterocycles. The third kappa shape index (κ3) is 3.55. The van der Waals surface area contributed by atoms with Crippen LogP contribution in [-0.2, 0) is 16.3 Å². The fourth-order valence-corrected chi connectivity index (χ4v) is 5.46. The summed E-state index contributed by atoms with van der Waals surface area (Å²) in [7, 11) is -3.02. The topological polar surface area (TPSA) is 47.0 Å². The van der Waals surface area contributed by atoms with Gasteiger partial charge in [0.05, 0.1) is 10.5 Å². The van der Waals surface area contributed by atoms with Crippen molar-refractivity contribution in [3.8, 4) is 0 Å². The SMILES string of the molecule is CC(C)(C)S(=O)(=O)CC1CCC(C2=Cc3c(ccnc3Cl)C2)CC1. The van der Waals surface area contributed by atoms with E-state index in [4.69, 9.17) is 11.6 Å².